The van der Waals surface area contributed by atoms with Crippen LogP contribution in [0.3, 0.4) is 0 Å². The minimum Gasteiger partial charge on any atom is -0.368 e. The van der Waals surface area contributed by atoms with E-state index in [0.29, 0.717) is 50.1 Å². The molecule has 3 fully saturated rings. The van der Waals surface area contributed by atoms with Crippen molar-refractivity contribution in [3.8, 4) is 0 Å². The van der Waals surface area contributed by atoms with Crippen LogP contribution in [0.2, 0.25) is 0 Å². The van der Waals surface area contributed by atoms with Crippen LogP contribution in [0.25, 0.3) is 0 Å². The molecule has 9 heteroatoms. The molecule has 1 aromatic rings. The van der Waals surface area contributed by atoms with Crippen LogP contribution >= 0.6 is 0 Å². The summed E-state index contributed by atoms with van der Waals surface area (Å²) in [7, 11) is -3.43. The molecule has 4 heterocycles. The van der Waals surface area contributed by atoms with Gasteiger partial charge < -0.3 is 14.5 Å². The highest BCUT2D eigenvalue weighted by molar-refractivity contribution is 7.90. The number of aromatic nitrogens is 2. The lowest BCUT2D eigenvalue weighted by Gasteiger charge is -2.34. The van der Waals surface area contributed by atoms with E-state index in [1.54, 1.807) is 0 Å². The van der Waals surface area contributed by atoms with Gasteiger partial charge in [-0.25, -0.2) is 18.4 Å². The van der Waals surface area contributed by atoms with Crippen LogP contribution in [0, 0.1) is 5.92 Å². The number of carbonyl (C=O) groups excluding carboxylic acids is 1. The summed E-state index contributed by atoms with van der Waals surface area (Å²) in [5.41, 5.74) is 0.616. The Hall–Kier alpha value is -1.74. The number of hydrogen-bond acceptors (Lipinski definition) is 7. The Balaban J connectivity index is 1.52. The Labute approximate surface area is 178 Å². The van der Waals surface area contributed by atoms with Crippen molar-refractivity contribution in [2.75, 3.05) is 43.9 Å². The molecule has 4 rings (SSSR count). The molecule has 30 heavy (non-hydrogen) atoms. The van der Waals surface area contributed by atoms with Gasteiger partial charge in [0.15, 0.2) is 9.84 Å². The summed E-state index contributed by atoms with van der Waals surface area (Å²) in [5, 5.41) is 0. The number of ether oxygens (including phenoxy) is 1. The lowest BCUT2D eigenvalue weighted by atomic mass is 9.93. The summed E-state index contributed by atoms with van der Waals surface area (Å²) in [6.45, 7) is 5.91. The lowest BCUT2D eigenvalue weighted by molar-refractivity contribution is -0.142. The monoisotopic (exact) mass is 436 g/mol. The van der Waals surface area contributed by atoms with Crippen LogP contribution in [0.4, 0.5) is 5.95 Å². The van der Waals surface area contributed by atoms with Crippen LogP contribution in [0.5, 0.6) is 0 Å². The van der Waals surface area contributed by atoms with Crippen LogP contribution in [0.15, 0.2) is 11.1 Å². The minimum atomic E-state index is -3.43. The zero-order valence-corrected chi connectivity index (χ0v) is 18.7. The Morgan fingerprint density at radius 3 is 2.40 bits per heavy atom. The molecule has 166 valence electrons. The Kier molecular flexibility index (Phi) is 6.29. The molecule has 3 aliphatic heterocycles. The standard InChI is InChI=1S/C21H32N4O4S/c1-15-5-9-25(10-6-15)21-22-14-18(30(2,27)28)19(23-21)16-7-11-24(12-8-16)20(26)17-4-3-13-29-17/h14-17H,3-13H2,1-2H3. The van der Waals surface area contributed by atoms with Gasteiger partial charge in [0.05, 0.1) is 11.9 Å². The first kappa shape index (κ1) is 21.5. The summed E-state index contributed by atoms with van der Waals surface area (Å²) < 4.78 is 30.3. The van der Waals surface area contributed by atoms with E-state index in [2.05, 4.69) is 16.8 Å². The second kappa shape index (κ2) is 8.78. The average Bonchev–Trinajstić information content (AvgIpc) is 3.28. The fraction of sp³-hybridized carbons (Fsp3) is 0.762. The van der Waals surface area contributed by atoms with Crippen molar-refractivity contribution < 1.29 is 17.9 Å². The van der Waals surface area contributed by atoms with Gasteiger partial charge >= 0.3 is 0 Å². The first-order chi connectivity index (χ1) is 14.3. The number of sulfone groups is 1. The van der Waals surface area contributed by atoms with Gasteiger partial charge in [-0.15, -0.1) is 0 Å². The second-order valence-electron chi connectivity index (χ2n) is 8.96. The van der Waals surface area contributed by atoms with E-state index in [0.717, 1.165) is 38.8 Å². The van der Waals surface area contributed by atoms with Crippen molar-refractivity contribution in [3.05, 3.63) is 11.9 Å². The first-order valence-corrected chi connectivity index (χ1v) is 12.9. The van der Waals surface area contributed by atoms with E-state index in [4.69, 9.17) is 9.72 Å². The lowest BCUT2D eigenvalue weighted by Crippen LogP contribution is -2.43. The van der Waals surface area contributed by atoms with E-state index < -0.39 is 9.84 Å². The molecule has 1 atom stereocenters. The van der Waals surface area contributed by atoms with Crippen molar-refractivity contribution >= 4 is 21.7 Å². The predicted molar refractivity (Wildman–Crippen MR) is 113 cm³/mol. The van der Waals surface area contributed by atoms with Gasteiger partial charge in [-0.1, -0.05) is 6.92 Å². The Morgan fingerprint density at radius 2 is 1.80 bits per heavy atom. The SMILES string of the molecule is CC1CCN(c2ncc(S(C)(=O)=O)c(C3CCN(C(=O)C4CCCO4)CC3)n2)CC1. The second-order valence-corrected chi connectivity index (χ2v) is 10.9. The van der Waals surface area contributed by atoms with E-state index in [9.17, 15) is 13.2 Å². The maximum absolute atomic E-state index is 12.6. The number of nitrogens with zero attached hydrogens (tertiary/aromatic N) is 4. The zero-order chi connectivity index (χ0) is 21.3. The Bertz CT molecular complexity index is 869. The maximum Gasteiger partial charge on any atom is 0.251 e. The minimum absolute atomic E-state index is 0.00809. The van der Waals surface area contributed by atoms with Gasteiger partial charge in [-0.3, -0.25) is 4.79 Å². The van der Waals surface area contributed by atoms with Crippen LogP contribution in [-0.4, -0.2) is 74.3 Å². The molecule has 0 saturated carbocycles. The molecule has 3 saturated heterocycles. The van der Waals surface area contributed by atoms with E-state index in [-0.39, 0.29) is 22.8 Å². The largest absolute Gasteiger partial charge is 0.368 e. The van der Waals surface area contributed by atoms with Gasteiger partial charge in [0.25, 0.3) is 5.91 Å². The quantitative estimate of drug-likeness (QED) is 0.713. The van der Waals surface area contributed by atoms with Crippen LogP contribution in [0.1, 0.15) is 57.1 Å². The number of hydrogen-bond donors (Lipinski definition) is 0. The van der Waals surface area contributed by atoms with Crippen LogP contribution in [-0.2, 0) is 19.4 Å². The molecule has 0 N–H and O–H groups in total. The summed E-state index contributed by atoms with van der Waals surface area (Å²) in [6.07, 6.45) is 7.71. The van der Waals surface area contributed by atoms with Gasteiger partial charge in [0, 0.05) is 45.0 Å². The van der Waals surface area contributed by atoms with Gasteiger partial charge in [-0.05, 0) is 44.4 Å². The molecular formula is C21H32N4O4S. The van der Waals surface area contributed by atoms with Crippen molar-refractivity contribution in [1.82, 2.24) is 14.9 Å². The highest BCUT2D eigenvalue weighted by atomic mass is 32.2. The summed E-state index contributed by atoms with van der Waals surface area (Å²) >= 11 is 0. The normalized spacial score (nSPS) is 24.4. The number of amides is 1. The zero-order valence-electron chi connectivity index (χ0n) is 17.9. The topological polar surface area (TPSA) is 92.7 Å². The van der Waals surface area contributed by atoms with E-state index >= 15 is 0 Å². The molecule has 3 aliphatic rings. The van der Waals surface area contributed by atoms with Gasteiger partial charge in [0.2, 0.25) is 5.95 Å². The number of carbonyl (C=O) groups is 1. The molecule has 0 spiro atoms. The third-order valence-electron chi connectivity index (χ3n) is 6.63. The van der Waals surface area contributed by atoms with Crippen LogP contribution < -0.4 is 4.90 Å². The molecule has 0 aliphatic carbocycles. The van der Waals surface area contributed by atoms with Crippen molar-refractivity contribution in [2.24, 2.45) is 5.92 Å². The highest BCUT2D eigenvalue weighted by Crippen LogP contribution is 2.33. The molecule has 1 amide bonds. The molecule has 1 unspecified atom stereocenters. The number of likely N-dealkylation sites (tertiary alicyclic amines) is 1. The third kappa shape index (κ3) is 4.61. The summed E-state index contributed by atoms with van der Waals surface area (Å²) in [4.78, 5) is 26.0. The summed E-state index contributed by atoms with van der Waals surface area (Å²) in [5.74, 6) is 1.40. The van der Waals surface area contributed by atoms with Crippen molar-refractivity contribution in [3.63, 3.8) is 0 Å². The van der Waals surface area contributed by atoms with E-state index in [1.165, 1.54) is 12.5 Å². The average molecular weight is 437 g/mol. The smallest absolute Gasteiger partial charge is 0.251 e. The molecule has 0 aromatic carbocycles. The predicted octanol–water partition coefficient (Wildman–Crippen LogP) is 2.00. The fourth-order valence-electron chi connectivity index (χ4n) is 4.66. The number of piperidine rings is 2. The van der Waals surface area contributed by atoms with Gasteiger partial charge in [-0.2, -0.15) is 0 Å². The third-order valence-corrected chi connectivity index (χ3v) is 7.75. The summed E-state index contributed by atoms with van der Waals surface area (Å²) in [6, 6.07) is 0. The number of rotatable bonds is 4. The molecule has 8 nitrogen and oxygen atoms in total. The highest BCUT2D eigenvalue weighted by Gasteiger charge is 2.33. The number of anilines is 1. The Morgan fingerprint density at radius 1 is 1.10 bits per heavy atom. The molecule has 0 radical (unpaired) electrons. The molecule has 0 bridgehead atoms. The molecule has 1 aromatic heterocycles. The van der Waals surface area contributed by atoms with Crippen molar-refractivity contribution in [2.45, 2.75) is 62.4 Å². The fourth-order valence-corrected chi connectivity index (χ4v) is 5.50. The van der Waals surface area contributed by atoms with Crippen molar-refractivity contribution in [1.29, 1.82) is 0 Å². The van der Waals surface area contributed by atoms with Gasteiger partial charge in [0.1, 0.15) is 11.0 Å². The van der Waals surface area contributed by atoms with E-state index in [1.807, 2.05) is 4.90 Å². The first-order valence-electron chi connectivity index (χ1n) is 11.0. The molecular weight excluding hydrogens is 404 g/mol. The maximum atomic E-state index is 12.6.